The number of hydrogen-bond donors (Lipinski definition) is 1. The van der Waals surface area contributed by atoms with E-state index in [4.69, 9.17) is 22.8 Å². The smallest absolute Gasteiger partial charge is 0.328 e. The molecule has 2 aromatic carbocycles. The molecule has 0 radical (unpaired) electrons. The number of halogens is 1. The topological polar surface area (TPSA) is 62.4 Å². The van der Waals surface area contributed by atoms with Gasteiger partial charge in [0.15, 0.2) is 0 Å². The van der Waals surface area contributed by atoms with E-state index in [9.17, 15) is 9.59 Å². The number of aromatic amines is 1. The van der Waals surface area contributed by atoms with Gasteiger partial charge >= 0.3 is 5.97 Å². The van der Waals surface area contributed by atoms with E-state index in [0.717, 1.165) is 33.3 Å². The van der Waals surface area contributed by atoms with Crippen molar-refractivity contribution in [1.82, 2.24) is 9.88 Å². The molecule has 5 nitrogen and oxygen atoms in total. The number of fused-ring (bicyclic) bond motifs is 3. The molecule has 0 spiro atoms. The maximum Gasteiger partial charge on any atom is 0.328 e. The van der Waals surface area contributed by atoms with E-state index in [0.29, 0.717) is 6.42 Å². The maximum absolute atomic E-state index is 12.9. The summed E-state index contributed by atoms with van der Waals surface area (Å²) in [7, 11) is 1.33. The number of methoxy groups -OCH3 is 1. The average Bonchev–Trinajstić information content (AvgIpc) is 3.15. The minimum Gasteiger partial charge on any atom is -0.467 e. The molecule has 0 saturated heterocycles. The van der Waals surface area contributed by atoms with Gasteiger partial charge in [0, 0.05) is 28.6 Å². The third-order valence-electron chi connectivity index (χ3n) is 5.40. The second-order valence-corrected chi connectivity index (χ2v) is 7.18. The van der Waals surface area contributed by atoms with E-state index >= 15 is 0 Å². The number of alkyl halides is 1. The lowest BCUT2D eigenvalue weighted by atomic mass is 9.87. The number of terminal acetylenes is 1. The van der Waals surface area contributed by atoms with Crippen LogP contribution in [0.25, 0.3) is 10.9 Å². The number of H-pyrrole nitrogens is 1. The Labute approximate surface area is 173 Å². The second kappa shape index (κ2) is 7.65. The minimum atomic E-state index is -0.768. The Kier molecular flexibility index (Phi) is 5.04. The molecule has 2 heterocycles. The molecule has 3 aromatic rings. The molecule has 1 aliphatic heterocycles. The van der Waals surface area contributed by atoms with E-state index in [-0.39, 0.29) is 11.8 Å². The Balaban J connectivity index is 1.97. The number of amides is 1. The molecule has 1 N–H and O–H groups in total. The molecule has 0 fully saturated rings. The summed E-state index contributed by atoms with van der Waals surface area (Å²) in [5.74, 6) is 1.56. The minimum absolute atomic E-state index is 0.234. The van der Waals surface area contributed by atoms with Crippen LogP contribution < -0.4 is 0 Å². The highest BCUT2D eigenvalue weighted by Gasteiger charge is 2.43. The summed E-state index contributed by atoms with van der Waals surface area (Å²) in [5.41, 5.74) is 4.40. The van der Waals surface area contributed by atoms with Gasteiger partial charge in [-0.2, -0.15) is 0 Å². The first kappa shape index (κ1) is 19.1. The van der Waals surface area contributed by atoms with Crippen LogP contribution in [0.4, 0.5) is 0 Å². The van der Waals surface area contributed by atoms with Crippen molar-refractivity contribution in [2.75, 3.05) is 13.0 Å². The number of hydrogen-bond acceptors (Lipinski definition) is 3. The first-order valence-electron chi connectivity index (χ1n) is 9.20. The Hall–Kier alpha value is -3.23. The largest absolute Gasteiger partial charge is 0.467 e. The zero-order chi connectivity index (χ0) is 20.5. The third kappa shape index (κ3) is 3.16. The summed E-state index contributed by atoms with van der Waals surface area (Å²) < 4.78 is 5.03. The van der Waals surface area contributed by atoms with Gasteiger partial charge in [-0.05, 0) is 29.3 Å². The van der Waals surface area contributed by atoms with Crippen molar-refractivity contribution in [3.8, 4) is 12.3 Å². The number of carbonyl (C=O) groups excluding carboxylic acids is 2. The van der Waals surface area contributed by atoms with Gasteiger partial charge in [0.2, 0.25) is 5.91 Å². The molecule has 6 heteroatoms. The van der Waals surface area contributed by atoms with Crippen LogP contribution in [0, 0.1) is 12.3 Å². The number of esters is 1. The molecule has 0 aliphatic carbocycles. The summed E-state index contributed by atoms with van der Waals surface area (Å²) in [5, 5.41) is 1.03. The molecule has 1 aliphatic rings. The first-order chi connectivity index (χ1) is 14.1. The fourth-order valence-corrected chi connectivity index (χ4v) is 4.23. The maximum atomic E-state index is 12.9. The summed E-state index contributed by atoms with van der Waals surface area (Å²) >= 11 is 5.92. The number of carbonyl (C=O) groups is 2. The van der Waals surface area contributed by atoms with Gasteiger partial charge in [-0.15, -0.1) is 18.0 Å². The molecule has 2 unspecified atom stereocenters. The van der Waals surface area contributed by atoms with Crippen LogP contribution in [-0.4, -0.2) is 40.8 Å². The normalized spacial score (nSPS) is 18.2. The predicted molar refractivity (Wildman–Crippen MR) is 112 cm³/mol. The number of aromatic nitrogens is 1. The Bertz CT molecular complexity index is 1130. The van der Waals surface area contributed by atoms with Crippen LogP contribution in [-0.2, 0) is 20.7 Å². The fourth-order valence-electron chi connectivity index (χ4n) is 4.09. The lowest BCUT2D eigenvalue weighted by Crippen LogP contribution is -2.52. The number of para-hydroxylation sites is 1. The van der Waals surface area contributed by atoms with Crippen LogP contribution in [0.3, 0.4) is 0 Å². The number of rotatable bonds is 3. The lowest BCUT2D eigenvalue weighted by Gasteiger charge is -2.40. The highest BCUT2D eigenvalue weighted by molar-refractivity contribution is 6.27. The third-order valence-corrected chi connectivity index (χ3v) is 5.63. The molecule has 4 rings (SSSR count). The highest BCUT2D eigenvalue weighted by atomic mass is 35.5. The van der Waals surface area contributed by atoms with Crippen molar-refractivity contribution in [3.63, 3.8) is 0 Å². The van der Waals surface area contributed by atoms with Gasteiger partial charge in [0.05, 0.1) is 13.2 Å². The molecule has 146 valence electrons. The van der Waals surface area contributed by atoms with Crippen LogP contribution in [0.15, 0.2) is 48.5 Å². The quantitative estimate of drug-likeness (QED) is 0.412. The Morgan fingerprint density at radius 1 is 1.24 bits per heavy atom. The van der Waals surface area contributed by atoms with E-state index in [1.807, 2.05) is 48.5 Å². The average molecular weight is 407 g/mol. The molecule has 1 aromatic heterocycles. The first-order valence-corrected chi connectivity index (χ1v) is 9.73. The summed E-state index contributed by atoms with van der Waals surface area (Å²) in [4.78, 5) is 30.5. The van der Waals surface area contributed by atoms with E-state index < -0.39 is 18.1 Å². The molecule has 0 bridgehead atoms. The molecule has 1 amide bonds. The lowest BCUT2D eigenvalue weighted by molar-refractivity contribution is -0.154. The molecule has 2 atom stereocenters. The summed E-state index contributed by atoms with van der Waals surface area (Å²) in [6.07, 6.45) is 5.84. The fraction of sp³-hybridized carbons (Fsp3) is 0.217. The van der Waals surface area contributed by atoms with Crippen LogP contribution in [0.1, 0.15) is 28.4 Å². The van der Waals surface area contributed by atoms with Crippen molar-refractivity contribution in [1.29, 1.82) is 0 Å². The van der Waals surface area contributed by atoms with Crippen molar-refractivity contribution in [3.05, 3.63) is 70.9 Å². The molecule has 0 saturated carbocycles. The number of ether oxygens (including phenoxy) is 1. The number of nitrogens with one attached hydrogen (secondary N) is 1. The van der Waals surface area contributed by atoms with Gasteiger partial charge in [0.25, 0.3) is 0 Å². The van der Waals surface area contributed by atoms with E-state index in [1.165, 1.54) is 12.0 Å². The van der Waals surface area contributed by atoms with Gasteiger partial charge in [-0.3, -0.25) is 4.79 Å². The van der Waals surface area contributed by atoms with Crippen molar-refractivity contribution < 1.29 is 14.3 Å². The zero-order valence-electron chi connectivity index (χ0n) is 15.8. The van der Waals surface area contributed by atoms with Crippen molar-refractivity contribution >= 4 is 34.4 Å². The molecular formula is C23H19ClN2O3. The van der Waals surface area contributed by atoms with Crippen molar-refractivity contribution in [2.24, 2.45) is 0 Å². The van der Waals surface area contributed by atoms with Gasteiger partial charge in [0.1, 0.15) is 11.9 Å². The van der Waals surface area contributed by atoms with E-state index in [1.54, 1.807) is 0 Å². The molecular weight excluding hydrogens is 388 g/mol. The van der Waals surface area contributed by atoms with Crippen molar-refractivity contribution in [2.45, 2.75) is 18.5 Å². The number of benzene rings is 2. The second-order valence-electron chi connectivity index (χ2n) is 6.91. The SMILES string of the molecule is C#Cc1ccc(C2c3[nH]c4ccccc4c3CC(C(=O)OC)N2C(=O)CCl)cc1. The van der Waals surface area contributed by atoms with Gasteiger partial charge < -0.3 is 14.6 Å². The highest BCUT2D eigenvalue weighted by Crippen LogP contribution is 2.41. The van der Waals surface area contributed by atoms with E-state index in [2.05, 4.69) is 10.9 Å². The summed E-state index contributed by atoms with van der Waals surface area (Å²) in [6, 6.07) is 14.0. The monoisotopic (exact) mass is 406 g/mol. The van der Waals surface area contributed by atoms with Crippen LogP contribution >= 0.6 is 11.6 Å². The van der Waals surface area contributed by atoms with Crippen LogP contribution in [0.2, 0.25) is 0 Å². The molecule has 29 heavy (non-hydrogen) atoms. The Morgan fingerprint density at radius 3 is 2.62 bits per heavy atom. The summed E-state index contributed by atoms with van der Waals surface area (Å²) in [6.45, 7) is 0. The van der Waals surface area contributed by atoms with Gasteiger partial charge in [-0.1, -0.05) is 36.3 Å². The number of nitrogens with zero attached hydrogens (tertiary/aromatic N) is 1. The van der Waals surface area contributed by atoms with Crippen LogP contribution in [0.5, 0.6) is 0 Å². The van der Waals surface area contributed by atoms with Gasteiger partial charge in [-0.25, -0.2) is 4.79 Å². The Morgan fingerprint density at radius 2 is 1.97 bits per heavy atom. The standard InChI is InChI=1S/C23H19ClN2O3/c1-3-14-8-10-15(11-9-14)22-21-17(16-6-4-5-7-18(16)25-21)12-19(23(28)29-2)26(22)20(27)13-24/h1,4-11,19,22,25H,12-13H2,2H3. The predicted octanol–water partition coefficient (Wildman–Crippen LogP) is 3.40. The zero-order valence-corrected chi connectivity index (χ0v) is 16.6.